The Morgan fingerprint density at radius 3 is 2.41 bits per heavy atom. The third kappa shape index (κ3) is 5.18. The molecule has 4 rings (SSSR count). The number of hydrogen-bond acceptors (Lipinski definition) is 6. The fourth-order valence-corrected chi connectivity index (χ4v) is 3.42. The van der Waals surface area contributed by atoms with Crippen molar-refractivity contribution in [3.8, 4) is 23.0 Å². The quantitative estimate of drug-likeness (QED) is 0.184. The van der Waals surface area contributed by atoms with Crippen LogP contribution in [0.1, 0.15) is 30.9 Å². The van der Waals surface area contributed by atoms with Gasteiger partial charge in [-0.15, -0.1) is 0 Å². The Labute approximate surface area is 197 Å². The van der Waals surface area contributed by atoms with E-state index >= 15 is 0 Å². The summed E-state index contributed by atoms with van der Waals surface area (Å²) in [4.78, 5) is 25.1. The number of ether oxygens (including phenoxy) is 3. The monoisotopic (exact) mass is 456 g/mol. The van der Waals surface area contributed by atoms with Crippen molar-refractivity contribution in [1.82, 2.24) is 0 Å². The minimum atomic E-state index is -0.553. The van der Waals surface area contributed by atoms with Crippen molar-refractivity contribution in [1.29, 1.82) is 0 Å². The normalized spacial score (nSPS) is 11.2. The summed E-state index contributed by atoms with van der Waals surface area (Å²) < 4.78 is 22.0. The van der Waals surface area contributed by atoms with Gasteiger partial charge in [-0.1, -0.05) is 44.2 Å². The van der Waals surface area contributed by atoms with Gasteiger partial charge in [0.2, 0.25) is 11.2 Å². The van der Waals surface area contributed by atoms with Gasteiger partial charge in [-0.05, 0) is 53.5 Å². The van der Waals surface area contributed by atoms with Crippen LogP contribution in [0, 0.1) is 0 Å². The lowest BCUT2D eigenvalue weighted by Gasteiger charge is -2.13. The lowest BCUT2D eigenvalue weighted by molar-refractivity contribution is -0.128. The standard InChI is InChI=1S/C28H24O6/c1-18(2)22-6-4-5-7-24(22)34-26-17-32-25-16-21(13-14-23(25)28(26)30)33-27(29)15-10-19-8-11-20(31-3)12-9-19/h4-18H,1-3H3/b15-10+. The van der Waals surface area contributed by atoms with Crippen LogP contribution in [-0.4, -0.2) is 13.1 Å². The van der Waals surface area contributed by atoms with Gasteiger partial charge in [-0.25, -0.2) is 4.79 Å². The number of carbonyl (C=O) groups is 1. The highest BCUT2D eigenvalue weighted by Crippen LogP contribution is 2.30. The summed E-state index contributed by atoms with van der Waals surface area (Å²) in [5, 5.41) is 0.327. The van der Waals surface area contributed by atoms with Gasteiger partial charge in [-0.3, -0.25) is 4.79 Å². The molecule has 0 aliphatic heterocycles. The Kier molecular flexibility index (Phi) is 6.78. The maximum atomic E-state index is 12.9. The number of hydrogen-bond donors (Lipinski definition) is 0. The Morgan fingerprint density at radius 2 is 1.68 bits per heavy atom. The van der Waals surface area contributed by atoms with Crippen molar-refractivity contribution in [3.63, 3.8) is 0 Å². The van der Waals surface area contributed by atoms with Crippen LogP contribution in [0.25, 0.3) is 17.0 Å². The fraction of sp³-hybridized carbons (Fsp3) is 0.143. The maximum absolute atomic E-state index is 12.9. The van der Waals surface area contributed by atoms with Gasteiger partial charge >= 0.3 is 5.97 Å². The van der Waals surface area contributed by atoms with Crippen LogP contribution in [0.3, 0.4) is 0 Å². The van der Waals surface area contributed by atoms with Crippen molar-refractivity contribution in [2.75, 3.05) is 7.11 Å². The third-order valence-electron chi connectivity index (χ3n) is 5.22. The van der Waals surface area contributed by atoms with Gasteiger partial charge in [0.1, 0.15) is 29.1 Å². The molecule has 0 unspecified atom stereocenters. The van der Waals surface area contributed by atoms with E-state index in [-0.39, 0.29) is 22.8 Å². The van der Waals surface area contributed by atoms with Crippen LogP contribution in [0.15, 0.2) is 88.3 Å². The van der Waals surface area contributed by atoms with Crippen LogP contribution in [0.2, 0.25) is 0 Å². The van der Waals surface area contributed by atoms with Crippen molar-refractivity contribution >= 4 is 23.0 Å². The van der Waals surface area contributed by atoms with E-state index in [1.165, 1.54) is 18.4 Å². The minimum Gasteiger partial charge on any atom is -0.497 e. The van der Waals surface area contributed by atoms with E-state index in [0.717, 1.165) is 16.9 Å². The molecular weight excluding hydrogens is 432 g/mol. The number of methoxy groups -OCH3 is 1. The summed E-state index contributed by atoms with van der Waals surface area (Å²) in [6, 6.07) is 19.4. The van der Waals surface area contributed by atoms with Crippen molar-refractivity contribution < 1.29 is 23.4 Å². The van der Waals surface area contributed by atoms with Gasteiger partial charge < -0.3 is 18.6 Å². The molecule has 0 atom stereocenters. The van der Waals surface area contributed by atoms with Gasteiger partial charge in [0.05, 0.1) is 12.5 Å². The average molecular weight is 456 g/mol. The fourth-order valence-electron chi connectivity index (χ4n) is 3.42. The van der Waals surface area contributed by atoms with Crippen molar-refractivity contribution in [3.05, 3.63) is 100 Å². The summed E-state index contributed by atoms with van der Waals surface area (Å²) in [5.74, 6) is 1.38. The molecule has 0 spiro atoms. The first-order chi connectivity index (χ1) is 16.4. The van der Waals surface area contributed by atoms with E-state index in [0.29, 0.717) is 16.7 Å². The second kappa shape index (κ2) is 10.1. The molecule has 0 saturated carbocycles. The van der Waals surface area contributed by atoms with Crippen LogP contribution in [0.4, 0.5) is 0 Å². The molecule has 0 fully saturated rings. The van der Waals surface area contributed by atoms with Gasteiger partial charge in [0.15, 0.2) is 0 Å². The number of para-hydroxylation sites is 1. The Bertz CT molecular complexity index is 1400. The molecular formula is C28H24O6. The van der Waals surface area contributed by atoms with E-state index in [1.54, 1.807) is 37.5 Å². The minimum absolute atomic E-state index is 0.0905. The van der Waals surface area contributed by atoms with Crippen molar-refractivity contribution in [2.24, 2.45) is 0 Å². The molecule has 6 heteroatoms. The van der Waals surface area contributed by atoms with Crippen LogP contribution in [0.5, 0.6) is 23.0 Å². The molecule has 3 aromatic carbocycles. The Morgan fingerprint density at radius 1 is 0.941 bits per heavy atom. The lowest BCUT2D eigenvalue weighted by Crippen LogP contribution is -2.07. The number of rotatable bonds is 7. The summed E-state index contributed by atoms with van der Waals surface area (Å²) >= 11 is 0. The molecule has 6 nitrogen and oxygen atoms in total. The largest absolute Gasteiger partial charge is 0.497 e. The van der Waals surface area contributed by atoms with E-state index in [1.807, 2.05) is 36.4 Å². The lowest BCUT2D eigenvalue weighted by atomic mass is 10.0. The molecule has 0 saturated heterocycles. The Balaban J connectivity index is 1.50. The second-order valence-electron chi connectivity index (χ2n) is 7.91. The molecule has 1 aromatic heterocycles. The molecule has 0 amide bonds. The van der Waals surface area contributed by atoms with Crippen LogP contribution in [-0.2, 0) is 4.79 Å². The topological polar surface area (TPSA) is 75.0 Å². The van der Waals surface area contributed by atoms with Gasteiger partial charge in [0, 0.05) is 12.1 Å². The number of carbonyl (C=O) groups excluding carboxylic acids is 1. The molecule has 4 aromatic rings. The van der Waals surface area contributed by atoms with E-state index < -0.39 is 5.97 Å². The average Bonchev–Trinajstić information content (AvgIpc) is 2.85. The number of esters is 1. The summed E-state index contributed by atoms with van der Waals surface area (Å²) in [6.07, 6.45) is 4.24. The highest BCUT2D eigenvalue weighted by molar-refractivity contribution is 5.89. The molecule has 34 heavy (non-hydrogen) atoms. The number of fused-ring (bicyclic) bond motifs is 1. The highest BCUT2D eigenvalue weighted by Gasteiger charge is 2.14. The first-order valence-corrected chi connectivity index (χ1v) is 10.8. The molecule has 1 heterocycles. The van der Waals surface area contributed by atoms with Gasteiger partial charge in [-0.2, -0.15) is 0 Å². The summed E-state index contributed by atoms with van der Waals surface area (Å²) in [7, 11) is 1.59. The molecule has 0 aliphatic carbocycles. The molecule has 0 bridgehead atoms. The number of benzene rings is 3. The molecule has 0 aliphatic rings. The van der Waals surface area contributed by atoms with Gasteiger partial charge in [0.25, 0.3) is 0 Å². The smallest absolute Gasteiger partial charge is 0.336 e. The summed E-state index contributed by atoms with van der Waals surface area (Å²) in [6.45, 7) is 4.11. The maximum Gasteiger partial charge on any atom is 0.336 e. The highest BCUT2D eigenvalue weighted by atomic mass is 16.5. The first kappa shape index (κ1) is 22.9. The zero-order valence-electron chi connectivity index (χ0n) is 19.1. The Hall–Kier alpha value is -4.32. The summed E-state index contributed by atoms with van der Waals surface area (Å²) in [5.41, 5.74) is 1.80. The predicted octanol–water partition coefficient (Wildman–Crippen LogP) is 6.34. The zero-order chi connectivity index (χ0) is 24.1. The van der Waals surface area contributed by atoms with E-state index in [9.17, 15) is 9.59 Å². The molecule has 0 radical (unpaired) electrons. The second-order valence-corrected chi connectivity index (χ2v) is 7.91. The predicted molar refractivity (Wildman–Crippen MR) is 131 cm³/mol. The molecule has 0 N–H and O–H groups in total. The van der Waals surface area contributed by atoms with Crippen LogP contribution < -0.4 is 19.6 Å². The third-order valence-corrected chi connectivity index (χ3v) is 5.22. The first-order valence-electron chi connectivity index (χ1n) is 10.8. The van der Waals surface area contributed by atoms with Crippen molar-refractivity contribution in [2.45, 2.75) is 19.8 Å². The van der Waals surface area contributed by atoms with Crippen LogP contribution >= 0.6 is 0 Å². The SMILES string of the molecule is COc1ccc(/C=C/C(=O)Oc2ccc3c(=O)c(Oc4ccccc4C(C)C)coc3c2)cc1. The molecule has 172 valence electrons. The van der Waals surface area contributed by atoms with E-state index in [2.05, 4.69) is 13.8 Å². The van der Waals surface area contributed by atoms with E-state index in [4.69, 9.17) is 18.6 Å². The zero-order valence-corrected chi connectivity index (χ0v) is 19.1.